The van der Waals surface area contributed by atoms with Crippen molar-refractivity contribution in [1.82, 2.24) is 0 Å². The molecule has 58 valence electrons. The smallest absolute Gasteiger partial charge is 0.117 e. The Morgan fingerprint density at radius 1 is 1.55 bits per heavy atom. The van der Waals surface area contributed by atoms with E-state index in [0.29, 0.717) is 11.3 Å². The van der Waals surface area contributed by atoms with Gasteiger partial charge in [0.1, 0.15) is 5.75 Å². The lowest BCUT2D eigenvalue weighted by Gasteiger charge is -2.03. The van der Waals surface area contributed by atoms with E-state index in [1.165, 1.54) is 12.3 Å². The number of rotatable bonds is 1. The van der Waals surface area contributed by atoms with E-state index in [0.717, 1.165) is 5.56 Å². The second-order valence-corrected chi connectivity index (χ2v) is 2.41. The van der Waals surface area contributed by atoms with Gasteiger partial charge < -0.3 is 16.2 Å². The van der Waals surface area contributed by atoms with E-state index >= 15 is 0 Å². The summed E-state index contributed by atoms with van der Waals surface area (Å²) in [4.78, 5) is 0. The van der Waals surface area contributed by atoms with Gasteiger partial charge in [-0.2, -0.15) is 0 Å². The third-order valence-electron chi connectivity index (χ3n) is 1.55. The lowest BCUT2D eigenvalue weighted by Crippen LogP contribution is -1.95. The predicted octanol–water partition coefficient (Wildman–Crippen LogP) is 1.28. The Morgan fingerprint density at radius 3 is 2.64 bits per heavy atom. The minimum absolute atomic E-state index is 0.144. The molecule has 0 radical (unpaired) electrons. The molecule has 0 aliphatic heterocycles. The summed E-state index contributed by atoms with van der Waals surface area (Å²) in [7, 11) is 0. The van der Waals surface area contributed by atoms with Crippen LogP contribution in [0.1, 0.15) is 11.1 Å². The number of nitrogens with two attached hydrogens (primary N) is 1. The maximum Gasteiger partial charge on any atom is 0.117 e. The number of nitrogens with one attached hydrogen (secondary N) is 1. The predicted molar refractivity (Wildman–Crippen MR) is 45.1 cm³/mol. The van der Waals surface area contributed by atoms with Gasteiger partial charge in [-0.25, -0.2) is 0 Å². The molecule has 0 amide bonds. The minimum atomic E-state index is 0.144. The SMILES string of the molecule is Cc1cc(O)cc(N)c1C=N. The van der Waals surface area contributed by atoms with Crippen molar-refractivity contribution in [3.8, 4) is 5.75 Å². The lowest BCUT2D eigenvalue weighted by molar-refractivity contribution is 0.475. The minimum Gasteiger partial charge on any atom is -0.508 e. The molecule has 0 aromatic heterocycles. The largest absolute Gasteiger partial charge is 0.508 e. The van der Waals surface area contributed by atoms with Crippen molar-refractivity contribution in [2.24, 2.45) is 0 Å². The van der Waals surface area contributed by atoms with Gasteiger partial charge in [0.2, 0.25) is 0 Å². The van der Waals surface area contributed by atoms with Crippen LogP contribution in [0.3, 0.4) is 0 Å². The lowest BCUT2D eigenvalue weighted by atomic mass is 10.1. The van der Waals surface area contributed by atoms with Crippen LogP contribution in [0.25, 0.3) is 0 Å². The summed E-state index contributed by atoms with van der Waals surface area (Å²) in [6.45, 7) is 1.80. The molecule has 0 spiro atoms. The summed E-state index contributed by atoms with van der Waals surface area (Å²) in [5.74, 6) is 0.144. The van der Waals surface area contributed by atoms with Gasteiger partial charge in [-0.15, -0.1) is 0 Å². The van der Waals surface area contributed by atoms with E-state index in [9.17, 15) is 0 Å². The van der Waals surface area contributed by atoms with Crippen molar-refractivity contribution in [3.05, 3.63) is 23.3 Å². The molecule has 0 unspecified atom stereocenters. The first kappa shape index (κ1) is 7.60. The van der Waals surface area contributed by atoms with Gasteiger partial charge in [-0.05, 0) is 18.6 Å². The number of benzene rings is 1. The summed E-state index contributed by atoms with van der Waals surface area (Å²) in [5, 5.41) is 16.1. The van der Waals surface area contributed by atoms with Crippen LogP contribution in [0.4, 0.5) is 5.69 Å². The molecule has 3 nitrogen and oxygen atoms in total. The molecule has 11 heavy (non-hydrogen) atoms. The second kappa shape index (κ2) is 2.62. The first-order chi connectivity index (χ1) is 5.15. The van der Waals surface area contributed by atoms with Crippen molar-refractivity contribution >= 4 is 11.9 Å². The zero-order chi connectivity index (χ0) is 8.43. The number of aromatic hydroxyl groups is 1. The van der Waals surface area contributed by atoms with E-state index in [1.54, 1.807) is 13.0 Å². The Labute approximate surface area is 65.0 Å². The van der Waals surface area contributed by atoms with Gasteiger partial charge in [0.05, 0.1) is 0 Å². The molecule has 1 aromatic carbocycles. The van der Waals surface area contributed by atoms with Gasteiger partial charge in [-0.1, -0.05) is 0 Å². The Balaban J connectivity index is 3.36. The van der Waals surface area contributed by atoms with Crippen LogP contribution < -0.4 is 5.73 Å². The molecule has 0 aliphatic rings. The molecular weight excluding hydrogens is 140 g/mol. The molecule has 0 bridgehead atoms. The highest BCUT2D eigenvalue weighted by Crippen LogP contribution is 2.21. The average Bonchev–Trinajstić information content (AvgIpc) is 1.85. The first-order valence-electron chi connectivity index (χ1n) is 3.24. The van der Waals surface area contributed by atoms with Crippen molar-refractivity contribution < 1.29 is 5.11 Å². The number of anilines is 1. The molecular formula is C8H10N2O. The van der Waals surface area contributed by atoms with Crippen LogP contribution in [-0.4, -0.2) is 11.3 Å². The quantitative estimate of drug-likeness (QED) is 0.417. The summed E-state index contributed by atoms with van der Waals surface area (Å²) in [5.41, 5.74) is 7.45. The monoisotopic (exact) mass is 150 g/mol. The molecule has 0 fully saturated rings. The Hall–Kier alpha value is -1.51. The van der Waals surface area contributed by atoms with E-state index in [-0.39, 0.29) is 5.75 Å². The number of hydrogen-bond donors (Lipinski definition) is 3. The summed E-state index contributed by atoms with van der Waals surface area (Å²) < 4.78 is 0. The van der Waals surface area contributed by atoms with E-state index < -0.39 is 0 Å². The Morgan fingerprint density at radius 2 is 2.18 bits per heavy atom. The van der Waals surface area contributed by atoms with Gasteiger partial charge in [0.25, 0.3) is 0 Å². The first-order valence-corrected chi connectivity index (χ1v) is 3.24. The van der Waals surface area contributed by atoms with Crippen molar-refractivity contribution in [3.63, 3.8) is 0 Å². The van der Waals surface area contributed by atoms with Crippen LogP contribution >= 0.6 is 0 Å². The number of phenols is 1. The van der Waals surface area contributed by atoms with Crippen LogP contribution in [-0.2, 0) is 0 Å². The molecule has 0 atom stereocenters. The van der Waals surface area contributed by atoms with Gasteiger partial charge >= 0.3 is 0 Å². The molecule has 0 saturated carbocycles. The van der Waals surface area contributed by atoms with Crippen LogP contribution in [0, 0.1) is 12.3 Å². The average molecular weight is 150 g/mol. The molecule has 1 aromatic rings. The van der Waals surface area contributed by atoms with Crippen LogP contribution in [0.2, 0.25) is 0 Å². The second-order valence-electron chi connectivity index (χ2n) is 2.41. The maximum atomic E-state index is 9.06. The topological polar surface area (TPSA) is 70.1 Å². The maximum absolute atomic E-state index is 9.06. The number of nitrogen functional groups attached to an aromatic ring is 1. The van der Waals surface area contributed by atoms with Crippen LogP contribution in [0.5, 0.6) is 5.75 Å². The highest BCUT2D eigenvalue weighted by atomic mass is 16.3. The molecule has 0 heterocycles. The van der Waals surface area contributed by atoms with E-state index in [4.69, 9.17) is 16.2 Å². The molecule has 1 rings (SSSR count). The van der Waals surface area contributed by atoms with Gasteiger partial charge in [0.15, 0.2) is 0 Å². The zero-order valence-corrected chi connectivity index (χ0v) is 6.26. The van der Waals surface area contributed by atoms with Gasteiger partial charge in [-0.3, -0.25) is 0 Å². The number of hydrogen-bond acceptors (Lipinski definition) is 3. The van der Waals surface area contributed by atoms with Crippen molar-refractivity contribution in [1.29, 1.82) is 5.41 Å². The van der Waals surface area contributed by atoms with Crippen LogP contribution in [0.15, 0.2) is 12.1 Å². The molecule has 3 heteroatoms. The normalized spacial score (nSPS) is 9.55. The van der Waals surface area contributed by atoms with Crippen molar-refractivity contribution in [2.45, 2.75) is 6.92 Å². The number of phenolic OH excluding ortho intramolecular Hbond substituents is 1. The Bertz CT molecular complexity index is 271. The standard InChI is InChI=1S/C8H10N2O/c1-5-2-6(11)3-8(10)7(5)4-9/h2-4,9,11H,10H2,1H3. The highest BCUT2D eigenvalue weighted by molar-refractivity contribution is 5.87. The summed E-state index contributed by atoms with van der Waals surface area (Å²) in [6, 6.07) is 3.02. The summed E-state index contributed by atoms with van der Waals surface area (Å²) in [6.07, 6.45) is 1.18. The highest BCUT2D eigenvalue weighted by Gasteiger charge is 2.01. The Kier molecular flexibility index (Phi) is 1.81. The molecule has 0 saturated heterocycles. The fourth-order valence-corrected chi connectivity index (χ4v) is 1.00. The molecule has 4 N–H and O–H groups in total. The third kappa shape index (κ3) is 1.32. The zero-order valence-electron chi connectivity index (χ0n) is 6.26. The van der Waals surface area contributed by atoms with E-state index in [2.05, 4.69) is 0 Å². The fourth-order valence-electron chi connectivity index (χ4n) is 1.00. The number of aryl methyl sites for hydroxylation is 1. The summed E-state index contributed by atoms with van der Waals surface area (Å²) >= 11 is 0. The third-order valence-corrected chi connectivity index (χ3v) is 1.55. The molecule has 0 aliphatic carbocycles. The fraction of sp³-hybridized carbons (Fsp3) is 0.125. The van der Waals surface area contributed by atoms with Crippen molar-refractivity contribution in [2.75, 3.05) is 5.73 Å². The van der Waals surface area contributed by atoms with E-state index in [1.807, 2.05) is 0 Å². The van der Waals surface area contributed by atoms with Gasteiger partial charge in [0, 0.05) is 23.5 Å².